The van der Waals surface area contributed by atoms with Crippen molar-refractivity contribution in [1.82, 2.24) is 4.57 Å². The van der Waals surface area contributed by atoms with Crippen LogP contribution in [0.3, 0.4) is 0 Å². The van der Waals surface area contributed by atoms with Crippen LogP contribution in [-0.4, -0.2) is 9.67 Å². The van der Waals surface area contributed by atoms with Crippen LogP contribution in [0.25, 0.3) is 11.1 Å². The summed E-state index contributed by atoms with van der Waals surface area (Å²) in [4.78, 5) is 11.4. The zero-order valence-corrected chi connectivity index (χ0v) is 12.5. The number of aryl methyl sites for hydroxylation is 1. The van der Waals surface area contributed by atoms with Crippen LogP contribution < -0.4 is 5.76 Å². The lowest BCUT2D eigenvalue weighted by Gasteiger charge is -2.05. The van der Waals surface area contributed by atoms with Crippen molar-refractivity contribution in [2.45, 2.75) is 13.0 Å². The molecule has 5 heteroatoms. The quantitative estimate of drug-likeness (QED) is 0.798. The molecule has 4 nitrogen and oxygen atoms in total. The summed E-state index contributed by atoms with van der Waals surface area (Å²) in [5.41, 5.74) is 3.27. The van der Waals surface area contributed by atoms with Crippen LogP contribution in [-0.2, 0) is 13.0 Å². The van der Waals surface area contributed by atoms with Gasteiger partial charge in [-0.05, 0) is 35.2 Å². The molecule has 1 heterocycles. The lowest BCUT2D eigenvalue weighted by Crippen LogP contribution is -2.15. The summed E-state index contributed by atoms with van der Waals surface area (Å²) in [5, 5.41) is 10.2. The summed E-state index contributed by atoms with van der Waals surface area (Å²) >= 11 is 5.88. The number of benzene rings is 2. The number of nitrogens with zero attached hydrogens (tertiary/aromatic N) is 1. The molecule has 0 unspecified atom stereocenters. The molecule has 0 atom stereocenters. The van der Waals surface area contributed by atoms with Gasteiger partial charge in [0.25, 0.3) is 0 Å². The highest BCUT2D eigenvalue weighted by atomic mass is 35.5. The Morgan fingerprint density at radius 2 is 1.59 bits per heavy atom. The number of aromatic hydroxyl groups is 1. The summed E-state index contributed by atoms with van der Waals surface area (Å²) in [6.07, 6.45) is 1.68. The van der Waals surface area contributed by atoms with Crippen LogP contribution in [0.15, 0.2) is 64.0 Å². The summed E-state index contributed by atoms with van der Waals surface area (Å²) < 4.78 is 5.82. The second kappa shape index (κ2) is 6.12. The van der Waals surface area contributed by atoms with Crippen molar-refractivity contribution in [2.24, 2.45) is 0 Å². The molecule has 3 aromatic rings. The zero-order valence-electron chi connectivity index (χ0n) is 11.7. The molecule has 0 amide bonds. The molecule has 3 rings (SSSR count). The molecule has 0 saturated carbocycles. The molecule has 0 fully saturated rings. The second-order valence-electron chi connectivity index (χ2n) is 4.97. The third-order valence-corrected chi connectivity index (χ3v) is 3.77. The maximum Gasteiger partial charge on any atom is 0.421 e. The fourth-order valence-electron chi connectivity index (χ4n) is 2.28. The summed E-state index contributed by atoms with van der Waals surface area (Å²) in [6, 6.07) is 15.7. The van der Waals surface area contributed by atoms with E-state index in [-0.39, 0.29) is 5.88 Å². The van der Waals surface area contributed by atoms with E-state index in [4.69, 9.17) is 11.6 Å². The van der Waals surface area contributed by atoms with Gasteiger partial charge < -0.3 is 9.52 Å². The van der Waals surface area contributed by atoms with Crippen molar-refractivity contribution in [2.75, 3.05) is 0 Å². The Kier molecular flexibility index (Phi) is 4.02. The number of aromatic nitrogens is 1. The van der Waals surface area contributed by atoms with E-state index in [1.807, 2.05) is 48.5 Å². The molecule has 0 aliphatic rings. The van der Waals surface area contributed by atoms with Gasteiger partial charge in [-0.1, -0.05) is 48.0 Å². The van der Waals surface area contributed by atoms with E-state index in [1.54, 1.807) is 0 Å². The van der Waals surface area contributed by atoms with E-state index in [0.717, 1.165) is 23.0 Å². The van der Waals surface area contributed by atoms with E-state index in [9.17, 15) is 9.90 Å². The van der Waals surface area contributed by atoms with E-state index >= 15 is 0 Å². The minimum atomic E-state index is -0.546. The largest absolute Gasteiger partial charge is 0.492 e. The monoisotopic (exact) mass is 315 g/mol. The highest BCUT2D eigenvalue weighted by molar-refractivity contribution is 6.30. The fourth-order valence-corrected chi connectivity index (χ4v) is 2.40. The summed E-state index contributed by atoms with van der Waals surface area (Å²) in [6.45, 7) is 0.376. The Bertz CT molecular complexity index is 816. The van der Waals surface area contributed by atoms with E-state index in [0.29, 0.717) is 18.0 Å². The second-order valence-corrected chi connectivity index (χ2v) is 5.40. The maximum absolute atomic E-state index is 11.4. The molecular formula is C17H14ClNO3. The molecule has 0 bridgehead atoms. The molecule has 0 aliphatic heterocycles. The van der Waals surface area contributed by atoms with Crippen LogP contribution >= 0.6 is 11.6 Å². The molecule has 0 aliphatic carbocycles. The van der Waals surface area contributed by atoms with Crippen LogP contribution in [0.5, 0.6) is 5.88 Å². The van der Waals surface area contributed by atoms with Crippen molar-refractivity contribution in [1.29, 1.82) is 0 Å². The maximum atomic E-state index is 11.4. The molecule has 2 aromatic carbocycles. The Labute approximate surface area is 132 Å². The molecule has 0 spiro atoms. The molecule has 1 aromatic heterocycles. The average Bonchev–Trinajstić information content (AvgIpc) is 2.85. The lowest BCUT2D eigenvalue weighted by atomic mass is 10.0. The van der Waals surface area contributed by atoms with Gasteiger partial charge in [-0.3, -0.25) is 0 Å². The minimum absolute atomic E-state index is 0.150. The van der Waals surface area contributed by atoms with Crippen LogP contribution in [0.1, 0.15) is 5.56 Å². The fraction of sp³-hybridized carbons (Fsp3) is 0.118. The van der Waals surface area contributed by atoms with Gasteiger partial charge in [-0.2, -0.15) is 0 Å². The predicted molar refractivity (Wildman–Crippen MR) is 85.2 cm³/mol. The normalized spacial score (nSPS) is 10.8. The van der Waals surface area contributed by atoms with Crippen molar-refractivity contribution in [3.05, 3.63) is 75.9 Å². The van der Waals surface area contributed by atoms with Crippen molar-refractivity contribution < 1.29 is 9.52 Å². The van der Waals surface area contributed by atoms with E-state index in [1.165, 1.54) is 4.57 Å². The number of halogens is 1. The van der Waals surface area contributed by atoms with E-state index in [2.05, 4.69) is 4.42 Å². The van der Waals surface area contributed by atoms with Crippen molar-refractivity contribution >= 4 is 11.6 Å². The SMILES string of the molecule is O=c1occ(O)n1CCc1ccc(-c2ccc(Cl)cc2)cc1. The standard InChI is InChI=1S/C17H14ClNO3/c18-15-7-5-14(6-8-15)13-3-1-12(2-4-13)9-10-19-16(20)11-22-17(19)21/h1-8,11,20H,9-10H2. The number of oxazole rings is 1. The zero-order chi connectivity index (χ0) is 15.5. The highest BCUT2D eigenvalue weighted by Gasteiger charge is 2.06. The molecule has 112 valence electrons. The van der Waals surface area contributed by atoms with Gasteiger partial charge in [-0.25, -0.2) is 9.36 Å². The smallest absolute Gasteiger partial charge is 0.421 e. The Morgan fingerprint density at radius 3 is 2.14 bits per heavy atom. The minimum Gasteiger partial charge on any atom is -0.492 e. The summed E-state index contributed by atoms with van der Waals surface area (Å²) in [5.74, 6) is -0.696. The molecule has 22 heavy (non-hydrogen) atoms. The van der Waals surface area contributed by atoms with Gasteiger partial charge >= 0.3 is 5.76 Å². The van der Waals surface area contributed by atoms with Gasteiger partial charge in [0.05, 0.1) is 0 Å². The van der Waals surface area contributed by atoms with Crippen LogP contribution in [0.4, 0.5) is 0 Å². The predicted octanol–water partition coefficient (Wildman–Crippen LogP) is 3.71. The van der Waals surface area contributed by atoms with Crippen LogP contribution in [0.2, 0.25) is 5.02 Å². The first-order valence-corrected chi connectivity index (χ1v) is 7.23. The third kappa shape index (κ3) is 3.07. The molecule has 0 radical (unpaired) electrons. The van der Waals surface area contributed by atoms with Crippen molar-refractivity contribution in [3.8, 4) is 17.0 Å². The van der Waals surface area contributed by atoms with Gasteiger partial charge in [0, 0.05) is 11.6 Å². The number of hydrogen-bond donors (Lipinski definition) is 1. The van der Waals surface area contributed by atoms with Crippen molar-refractivity contribution in [3.63, 3.8) is 0 Å². The van der Waals surface area contributed by atoms with Gasteiger partial charge in [0.15, 0.2) is 6.26 Å². The van der Waals surface area contributed by atoms with Gasteiger partial charge in [0.2, 0.25) is 5.88 Å². The Hall–Kier alpha value is -2.46. The van der Waals surface area contributed by atoms with Gasteiger partial charge in [-0.15, -0.1) is 0 Å². The molecule has 1 N–H and O–H groups in total. The lowest BCUT2D eigenvalue weighted by molar-refractivity contribution is 0.413. The van der Waals surface area contributed by atoms with Gasteiger partial charge in [0.1, 0.15) is 0 Å². The number of rotatable bonds is 4. The van der Waals surface area contributed by atoms with Crippen LogP contribution in [0, 0.1) is 0 Å². The third-order valence-electron chi connectivity index (χ3n) is 3.52. The van der Waals surface area contributed by atoms with E-state index < -0.39 is 5.76 Å². The first-order chi connectivity index (χ1) is 10.6. The topological polar surface area (TPSA) is 55.4 Å². The number of hydrogen-bond acceptors (Lipinski definition) is 3. The first-order valence-electron chi connectivity index (χ1n) is 6.85. The highest BCUT2D eigenvalue weighted by Crippen LogP contribution is 2.22. The molecular weight excluding hydrogens is 302 g/mol. The Morgan fingerprint density at radius 1 is 1.00 bits per heavy atom. The Balaban J connectivity index is 1.72. The average molecular weight is 316 g/mol. The summed E-state index contributed by atoms with van der Waals surface area (Å²) in [7, 11) is 0. The first kappa shape index (κ1) is 14.5. The molecule has 0 saturated heterocycles.